The first-order valence-electron chi connectivity index (χ1n) is 19.3. The molecule has 0 radical (unpaired) electrons. The number of amides is 2. The smallest absolute Gasteiger partial charge is 0.410 e. The van der Waals surface area contributed by atoms with Gasteiger partial charge in [0, 0.05) is 104 Å². The molecule has 1 aromatic heterocycles. The summed E-state index contributed by atoms with van der Waals surface area (Å²) in [7, 11) is 0. The highest BCUT2D eigenvalue weighted by Crippen LogP contribution is 2.34. The summed E-state index contributed by atoms with van der Waals surface area (Å²) >= 11 is 12.7. The van der Waals surface area contributed by atoms with Crippen molar-refractivity contribution in [3.63, 3.8) is 0 Å². The minimum atomic E-state index is -0.516. The minimum Gasteiger partial charge on any atom is -0.444 e. The van der Waals surface area contributed by atoms with Crippen LogP contribution < -0.4 is 11.1 Å². The number of aromatic nitrogens is 1. The first-order chi connectivity index (χ1) is 27.3. The molecule has 312 valence electrons. The number of aryl methyl sites for hydroxylation is 1. The summed E-state index contributed by atoms with van der Waals surface area (Å²) in [5, 5.41) is 17.5. The molecule has 2 aliphatic rings. The molecule has 0 saturated carbocycles. The Morgan fingerprint density at radius 1 is 0.759 bits per heavy atom. The summed E-state index contributed by atoms with van der Waals surface area (Å²) in [6, 6.07) is 16.4. The summed E-state index contributed by atoms with van der Waals surface area (Å²) in [5.74, 6) is 0.537. The van der Waals surface area contributed by atoms with Gasteiger partial charge in [-0.25, -0.2) is 14.6 Å². The van der Waals surface area contributed by atoms with Crippen LogP contribution in [-0.2, 0) is 22.6 Å². The van der Waals surface area contributed by atoms with Gasteiger partial charge in [-0.2, -0.15) is 0 Å². The van der Waals surface area contributed by atoms with E-state index in [-0.39, 0.29) is 22.8 Å². The van der Waals surface area contributed by atoms with E-state index in [1.165, 1.54) is 0 Å². The SMILES string of the molecule is CC(C)(C)OC(=O)N1CCN(Cc2cc(N)ccc2Cl)CC1.Cc1ccc2c(Nc3ccc(Cl)c(CN4CCN(C(=O)OC(C)(C)C)CC4)c3)nccc2c1[N+](=O)[O-]. The number of nitro benzene ring substituents is 1. The number of pyridine rings is 1. The lowest BCUT2D eigenvalue weighted by atomic mass is 10.1. The molecule has 16 heteroatoms. The maximum Gasteiger partial charge on any atom is 0.410 e. The van der Waals surface area contributed by atoms with E-state index < -0.39 is 11.2 Å². The van der Waals surface area contributed by atoms with Crippen LogP contribution in [-0.4, -0.2) is 105 Å². The highest BCUT2D eigenvalue weighted by Gasteiger charge is 2.28. The van der Waals surface area contributed by atoms with E-state index in [0.717, 1.165) is 41.5 Å². The van der Waals surface area contributed by atoms with Crippen LogP contribution in [0.1, 0.15) is 58.2 Å². The lowest BCUT2D eigenvalue weighted by Crippen LogP contribution is -2.49. The number of halogens is 2. The van der Waals surface area contributed by atoms with Crippen molar-refractivity contribution in [2.75, 3.05) is 63.4 Å². The van der Waals surface area contributed by atoms with Crippen molar-refractivity contribution in [1.29, 1.82) is 0 Å². The number of carbonyl (C=O) groups is 2. The molecule has 6 rings (SSSR count). The van der Waals surface area contributed by atoms with Gasteiger partial charge in [0.05, 0.1) is 10.3 Å². The summed E-state index contributed by atoms with van der Waals surface area (Å²) in [6.45, 7) is 19.8. The Morgan fingerprint density at radius 2 is 1.26 bits per heavy atom. The predicted molar refractivity (Wildman–Crippen MR) is 230 cm³/mol. The molecule has 2 aliphatic heterocycles. The van der Waals surface area contributed by atoms with Crippen LogP contribution in [0.15, 0.2) is 60.8 Å². The van der Waals surface area contributed by atoms with Crippen LogP contribution in [0.4, 0.5) is 32.5 Å². The van der Waals surface area contributed by atoms with Gasteiger partial charge in [-0.05, 0) is 108 Å². The third kappa shape index (κ3) is 12.3. The number of nitrogens with zero attached hydrogens (tertiary/aromatic N) is 6. The Hall–Kier alpha value is -4.89. The number of nitrogen functional groups attached to an aromatic ring is 1. The highest BCUT2D eigenvalue weighted by atomic mass is 35.5. The number of nitrogens with one attached hydrogen (secondary N) is 1. The molecule has 58 heavy (non-hydrogen) atoms. The minimum absolute atomic E-state index is 0.0836. The predicted octanol–water partition coefficient (Wildman–Crippen LogP) is 8.88. The summed E-state index contributed by atoms with van der Waals surface area (Å²) < 4.78 is 10.9. The second-order valence-corrected chi connectivity index (χ2v) is 17.3. The van der Waals surface area contributed by atoms with E-state index in [1.54, 1.807) is 41.1 Å². The molecule has 3 aromatic carbocycles. The first-order valence-corrected chi connectivity index (χ1v) is 20.0. The first kappa shape index (κ1) is 44.2. The summed E-state index contributed by atoms with van der Waals surface area (Å²) in [6.07, 6.45) is 1.04. The Labute approximate surface area is 350 Å². The van der Waals surface area contributed by atoms with Crippen LogP contribution in [0.2, 0.25) is 10.0 Å². The molecule has 3 heterocycles. The van der Waals surface area contributed by atoms with Crippen LogP contribution in [0.25, 0.3) is 10.8 Å². The van der Waals surface area contributed by atoms with E-state index in [1.807, 2.05) is 77.9 Å². The highest BCUT2D eigenvalue weighted by molar-refractivity contribution is 6.31. The largest absolute Gasteiger partial charge is 0.444 e. The van der Waals surface area contributed by atoms with Gasteiger partial charge in [0.25, 0.3) is 5.69 Å². The second-order valence-electron chi connectivity index (χ2n) is 16.5. The van der Waals surface area contributed by atoms with Crippen molar-refractivity contribution in [3.05, 3.63) is 97.6 Å². The topological polar surface area (TPSA) is 160 Å². The van der Waals surface area contributed by atoms with Crippen molar-refractivity contribution >= 4 is 69.0 Å². The van der Waals surface area contributed by atoms with Crippen molar-refractivity contribution in [2.24, 2.45) is 0 Å². The molecule has 0 spiro atoms. The van der Waals surface area contributed by atoms with E-state index in [9.17, 15) is 19.7 Å². The average Bonchev–Trinajstić information content (AvgIpc) is 3.14. The number of piperazine rings is 2. The van der Waals surface area contributed by atoms with Crippen molar-refractivity contribution in [1.82, 2.24) is 24.6 Å². The summed E-state index contributed by atoms with van der Waals surface area (Å²) in [4.78, 5) is 48.0. The third-order valence-electron chi connectivity index (χ3n) is 9.52. The Kier molecular flexibility index (Phi) is 14.3. The molecular formula is C42H54Cl2N8O6. The molecule has 14 nitrogen and oxygen atoms in total. The van der Waals surface area contributed by atoms with E-state index in [4.69, 9.17) is 38.4 Å². The van der Waals surface area contributed by atoms with Crippen molar-refractivity contribution in [3.8, 4) is 0 Å². The fraction of sp³-hybridized carbons (Fsp3) is 0.452. The second kappa shape index (κ2) is 18.8. The summed E-state index contributed by atoms with van der Waals surface area (Å²) in [5.41, 5.74) is 8.98. The van der Waals surface area contributed by atoms with Crippen molar-refractivity contribution in [2.45, 2.75) is 72.8 Å². The molecular weight excluding hydrogens is 783 g/mol. The Balaban J connectivity index is 0.000000249. The molecule has 3 N–H and O–H groups in total. The zero-order chi connectivity index (χ0) is 42.4. The lowest BCUT2D eigenvalue weighted by molar-refractivity contribution is -0.383. The molecule has 0 atom stereocenters. The molecule has 4 aromatic rings. The molecule has 0 aliphatic carbocycles. The zero-order valence-corrected chi connectivity index (χ0v) is 35.8. The monoisotopic (exact) mass is 836 g/mol. The number of benzene rings is 3. The van der Waals surface area contributed by atoms with E-state index >= 15 is 0 Å². The fourth-order valence-electron chi connectivity index (χ4n) is 6.63. The number of hydrogen-bond donors (Lipinski definition) is 2. The van der Waals surface area contributed by atoms with Crippen LogP contribution in [0.5, 0.6) is 0 Å². The number of fused-ring (bicyclic) bond motifs is 1. The number of hydrogen-bond acceptors (Lipinski definition) is 11. The van der Waals surface area contributed by atoms with E-state index in [2.05, 4.69) is 20.1 Å². The van der Waals surface area contributed by atoms with Crippen LogP contribution in [0.3, 0.4) is 0 Å². The van der Waals surface area contributed by atoms with Gasteiger partial charge in [-0.3, -0.25) is 19.9 Å². The van der Waals surface area contributed by atoms with Crippen LogP contribution >= 0.6 is 23.2 Å². The Bertz CT molecular complexity index is 2110. The van der Waals surface area contributed by atoms with Gasteiger partial charge >= 0.3 is 12.2 Å². The standard InChI is InChI=1S/C26H30ClN5O4.C16H24ClN3O2/c1-17-5-7-21-20(23(17)32(34)35)9-10-28-24(21)29-19-6-8-22(27)18(15-19)16-30-11-13-31(14-12-30)25(33)36-26(2,3)4;1-16(2,3)22-15(21)20-8-6-19(7-9-20)11-12-10-13(18)4-5-14(12)17/h5-10,15H,11-14,16H2,1-4H3,(H,28,29);4-5,10H,6-9,11,18H2,1-3H3. The fourth-order valence-corrected chi connectivity index (χ4v) is 6.98. The average molecular weight is 838 g/mol. The normalized spacial score (nSPS) is 15.4. The number of nitrogens with two attached hydrogens (primary N) is 1. The third-order valence-corrected chi connectivity index (χ3v) is 10.3. The van der Waals surface area contributed by atoms with Gasteiger partial charge < -0.3 is 30.3 Å². The molecule has 2 fully saturated rings. The number of ether oxygens (including phenoxy) is 2. The number of carbonyl (C=O) groups excluding carboxylic acids is 2. The van der Waals surface area contributed by atoms with Gasteiger partial charge in [-0.1, -0.05) is 29.3 Å². The molecule has 2 saturated heterocycles. The number of nitro groups is 1. The zero-order valence-electron chi connectivity index (χ0n) is 34.3. The molecule has 0 bridgehead atoms. The lowest BCUT2D eigenvalue weighted by Gasteiger charge is -2.35. The Morgan fingerprint density at radius 3 is 1.76 bits per heavy atom. The van der Waals surface area contributed by atoms with Crippen molar-refractivity contribution < 1.29 is 24.0 Å². The quantitative estimate of drug-likeness (QED) is 0.104. The molecule has 2 amide bonds. The maximum atomic E-state index is 12.3. The molecule has 0 unspecified atom stereocenters. The van der Waals surface area contributed by atoms with Gasteiger partial charge in [0.1, 0.15) is 17.0 Å². The van der Waals surface area contributed by atoms with Gasteiger partial charge in [0.15, 0.2) is 0 Å². The van der Waals surface area contributed by atoms with Gasteiger partial charge in [0.2, 0.25) is 0 Å². The number of rotatable bonds is 7. The number of anilines is 3. The van der Waals surface area contributed by atoms with Gasteiger partial charge in [-0.15, -0.1) is 0 Å². The maximum absolute atomic E-state index is 12.3. The van der Waals surface area contributed by atoms with Crippen LogP contribution in [0, 0.1) is 17.0 Å². The van der Waals surface area contributed by atoms with E-state index in [0.29, 0.717) is 78.7 Å².